The molecule has 8 heteroatoms. The highest BCUT2D eigenvalue weighted by molar-refractivity contribution is 7.89. The number of hydrogen-bond acceptors (Lipinski definition) is 4. The molecule has 6 nitrogen and oxygen atoms in total. The average Bonchev–Trinajstić information content (AvgIpc) is 2.39. The standard InChI is InChI=1S/C14H21N3O3S.ClH/c1-9-3-4-12(8-13(9)21(15,19)20)17-14(18)11-5-6-16-10(2)7-11;/h3-4,8,10-11,16H,5-7H2,1-2H3,(H,17,18)(H2,15,19,20);1H/t10-,11-;/m0./s1. The zero-order chi connectivity index (χ0) is 15.6. The first-order valence-electron chi connectivity index (χ1n) is 6.95. The molecule has 1 aliphatic rings. The molecule has 1 aliphatic heterocycles. The van der Waals surface area contributed by atoms with Gasteiger partial charge in [-0.15, -0.1) is 12.4 Å². The van der Waals surface area contributed by atoms with E-state index in [1.165, 1.54) is 6.07 Å². The number of carbonyl (C=O) groups excluding carboxylic acids is 1. The number of anilines is 1. The van der Waals surface area contributed by atoms with Crippen molar-refractivity contribution < 1.29 is 13.2 Å². The fourth-order valence-corrected chi connectivity index (χ4v) is 3.41. The molecule has 1 aromatic rings. The Kier molecular flexibility index (Phi) is 6.37. The van der Waals surface area contributed by atoms with Gasteiger partial charge in [-0.25, -0.2) is 13.6 Å². The van der Waals surface area contributed by atoms with Crippen molar-refractivity contribution in [2.24, 2.45) is 11.1 Å². The number of nitrogens with one attached hydrogen (secondary N) is 2. The zero-order valence-electron chi connectivity index (χ0n) is 12.6. The van der Waals surface area contributed by atoms with E-state index in [1.807, 2.05) is 6.92 Å². The lowest BCUT2D eigenvalue weighted by atomic mass is 9.92. The molecule has 0 radical (unpaired) electrons. The van der Waals surface area contributed by atoms with Gasteiger partial charge in [-0.1, -0.05) is 6.07 Å². The molecule has 0 bridgehead atoms. The second kappa shape index (κ2) is 7.41. The van der Waals surface area contributed by atoms with Gasteiger partial charge in [0, 0.05) is 17.6 Å². The fraction of sp³-hybridized carbons (Fsp3) is 0.500. The van der Waals surface area contributed by atoms with Crippen molar-refractivity contribution in [1.29, 1.82) is 0 Å². The molecule has 1 amide bonds. The number of aryl methyl sites for hydroxylation is 1. The molecule has 4 N–H and O–H groups in total. The predicted octanol–water partition coefficient (Wildman–Crippen LogP) is 1.39. The van der Waals surface area contributed by atoms with Gasteiger partial charge in [-0.2, -0.15) is 0 Å². The minimum atomic E-state index is -3.79. The van der Waals surface area contributed by atoms with Crippen LogP contribution in [-0.4, -0.2) is 26.9 Å². The van der Waals surface area contributed by atoms with Gasteiger partial charge in [0.05, 0.1) is 4.90 Å². The normalized spacial score (nSPS) is 21.8. The van der Waals surface area contributed by atoms with Crippen molar-refractivity contribution in [1.82, 2.24) is 5.32 Å². The van der Waals surface area contributed by atoms with E-state index < -0.39 is 10.0 Å². The minimum Gasteiger partial charge on any atom is -0.326 e. The van der Waals surface area contributed by atoms with E-state index in [1.54, 1.807) is 19.1 Å². The molecular weight excluding hydrogens is 326 g/mol. The van der Waals surface area contributed by atoms with Crippen LogP contribution < -0.4 is 15.8 Å². The summed E-state index contributed by atoms with van der Waals surface area (Å²) in [4.78, 5) is 12.3. The fourth-order valence-electron chi connectivity index (χ4n) is 2.60. The monoisotopic (exact) mass is 347 g/mol. The van der Waals surface area contributed by atoms with Crippen molar-refractivity contribution in [3.8, 4) is 0 Å². The Morgan fingerprint density at radius 1 is 1.41 bits per heavy atom. The van der Waals surface area contributed by atoms with Crippen molar-refractivity contribution in [2.45, 2.75) is 37.6 Å². The summed E-state index contributed by atoms with van der Waals surface area (Å²) in [6, 6.07) is 5.05. The van der Waals surface area contributed by atoms with E-state index in [0.717, 1.165) is 19.4 Å². The Labute approximate surface area is 137 Å². The molecule has 0 saturated carbocycles. The molecule has 1 heterocycles. The van der Waals surface area contributed by atoms with Crippen molar-refractivity contribution in [3.05, 3.63) is 23.8 Å². The first kappa shape index (κ1) is 18.9. The number of nitrogens with two attached hydrogens (primary N) is 1. The highest BCUT2D eigenvalue weighted by Gasteiger charge is 2.25. The van der Waals surface area contributed by atoms with Crippen molar-refractivity contribution in [3.63, 3.8) is 0 Å². The van der Waals surface area contributed by atoms with Gasteiger partial charge in [0.1, 0.15) is 0 Å². The van der Waals surface area contributed by atoms with E-state index in [2.05, 4.69) is 10.6 Å². The van der Waals surface area contributed by atoms with Crippen LogP contribution in [0.25, 0.3) is 0 Å². The second-order valence-corrected chi connectivity index (χ2v) is 7.12. The van der Waals surface area contributed by atoms with Crippen molar-refractivity contribution in [2.75, 3.05) is 11.9 Å². The highest BCUT2D eigenvalue weighted by atomic mass is 35.5. The van der Waals surface area contributed by atoms with Crippen LogP contribution in [0.4, 0.5) is 5.69 Å². The largest absolute Gasteiger partial charge is 0.326 e. The molecule has 2 atom stereocenters. The predicted molar refractivity (Wildman–Crippen MR) is 88.6 cm³/mol. The maximum atomic E-state index is 12.2. The maximum Gasteiger partial charge on any atom is 0.238 e. The SMILES string of the molecule is Cc1ccc(NC(=O)[C@H]2CCN[C@@H](C)C2)cc1S(N)(=O)=O.Cl. The molecule has 0 unspecified atom stereocenters. The summed E-state index contributed by atoms with van der Waals surface area (Å²) >= 11 is 0. The van der Waals surface area contributed by atoms with Gasteiger partial charge in [0.15, 0.2) is 0 Å². The number of halogens is 1. The minimum absolute atomic E-state index is 0. The molecule has 1 fully saturated rings. The Morgan fingerprint density at radius 2 is 2.09 bits per heavy atom. The van der Waals surface area contributed by atoms with Gasteiger partial charge in [-0.3, -0.25) is 4.79 Å². The van der Waals surface area contributed by atoms with Crippen LogP contribution in [0.15, 0.2) is 23.1 Å². The summed E-state index contributed by atoms with van der Waals surface area (Å²) in [6.07, 6.45) is 1.56. The summed E-state index contributed by atoms with van der Waals surface area (Å²) in [5.41, 5.74) is 1.02. The Balaban J connectivity index is 0.00000242. The van der Waals surface area contributed by atoms with E-state index in [-0.39, 0.29) is 29.1 Å². The molecule has 124 valence electrons. The summed E-state index contributed by atoms with van der Waals surface area (Å²) < 4.78 is 23.0. The highest BCUT2D eigenvalue weighted by Crippen LogP contribution is 2.22. The van der Waals surface area contributed by atoms with Crippen LogP contribution in [0.3, 0.4) is 0 Å². The first-order valence-corrected chi connectivity index (χ1v) is 8.49. The molecule has 2 rings (SSSR count). The van der Waals surface area contributed by atoms with Gasteiger partial charge in [0.25, 0.3) is 0 Å². The average molecular weight is 348 g/mol. The Hall–Kier alpha value is -1.15. The number of benzene rings is 1. The second-order valence-electron chi connectivity index (χ2n) is 5.59. The van der Waals surface area contributed by atoms with E-state index in [4.69, 9.17) is 5.14 Å². The molecule has 0 aromatic heterocycles. The van der Waals surface area contributed by atoms with Gasteiger partial charge in [-0.05, 0) is 50.9 Å². The summed E-state index contributed by atoms with van der Waals surface area (Å²) in [7, 11) is -3.79. The number of sulfonamides is 1. The van der Waals surface area contributed by atoms with E-state index in [9.17, 15) is 13.2 Å². The van der Waals surface area contributed by atoms with Gasteiger partial charge < -0.3 is 10.6 Å². The molecule has 22 heavy (non-hydrogen) atoms. The summed E-state index contributed by atoms with van der Waals surface area (Å²) in [6.45, 7) is 4.53. The third kappa shape index (κ3) is 4.67. The number of primary sulfonamides is 1. The molecule has 1 aromatic carbocycles. The maximum absolute atomic E-state index is 12.2. The Morgan fingerprint density at radius 3 is 2.68 bits per heavy atom. The van der Waals surface area contributed by atoms with Crippen LogP contribution in [0.1, 0.15) is 25.3 Å². The molecule has 1 saturated heterocycles. The Bertz CT molecular complexity index is 649. The van der Waals surface area contributed by atoms with Crippen LogP contribution in [-0.2, 0) is 14.8 Å². The third-order valence-electron chi connectivity index (χ3n) is 3.76. The van der Waals surface area contributed by atoms with Crippen LogP contribution in [0, 0.1) is 12.8 Å². The molecular formula is C14H22ClN3O3S. The lowest BCUT2D eigenvalue weighted by molar-refractivity contribution is -0.120. The zero-order valence-corrected chi connectivity index (χ0v) is 14.3. The molecule has 0 aliphatic carbocycles. The quantitative estimate of drug-likeness (QED) is 0.769. The third-order valence-corrected chi connectivity index (χ3v) is 4.81. The first-order chi connectivity index (χ1) is 9.77. The van der Waals surface area contributed by atoms with Crippen LogP contribution >= 0.6 is 12.4 Å². The number of amides is 1. The number of piperidine rings is 1. The number of carbonyl (C=O) groups is 1. The smallest absolute Gasteiger partial charge is 0.238 e. The summed E-state index contributed by atoms with van der Waals surface area (Å²) in [5.74, 6) is -0.131. The van der Waals surface area contributed by atoms with Crippen LogP contribution in [0.5, 0.6) is 0 Å². The van der Waals surface area contributed by atoms with Crippen LogP contribution in [0.2, 0.25) is 0 Å². The van der Waals surface area contributed by atoms with Gasteiger partial charge >= 0.3 is 0 Å². The lowest BCUT2D eigenvalue weighted by Crippen LogP contribution is -2.40. The number of hydrogen-bond donors (Lipinski definition) is 3. The topological polar surface area (TPSA) is 101 Å². The number of rotatable bonds is 3. The molecule has 0 spiro atoms. The van der Waals surface area contributed by atoms with E-state index >= 15 is 0 Å². The van der Waals surface area contributed by atoms with E-state index in [0.29, 0.717) is 17.3 Å². The summed E-state index contributed by atoms with van der Waals surface area (Å²) in [5, 5.41) is 11.2. The lowest BCUT2D eigenvalue weighted by Gasteiger charge is -2.27. The van der Waals surface area contributed by atoms with Crippen molar-refractivity contribution >= 4 is 34.0 Å². The van der Waals surface area contributed by atoms with Gasteiger partial charge in [0.2, 0.25) is 15.9 Å².